The highest BCUT2D eigenvalue weighted by Gasteiger charge is 2.18. The largest absolute Gasteiger partial charge is 0.324 e. The van der Waals surface area contributed by atoms with Gasteiger partial charge in [0.05, 0.1) is 12.2 Å². The molecule has 0 saturated carbocycles. The first-order valence-electron chi connectivity index (χ1n) is 8.31. The maximum absolute atomic E-state index is 13.1. The van der Waals surface area contributed by atoms with E-state index >= 15 is 0 Å². The number of amides is 1. The highest BCUT2D eigenvalue weighted by atomic mass is 19.1. The van der Waals surface area contributed by atoms with Gasteiger partial charge < -0.3 is 5.32 Å². The van der Waals surface area contributed by atoms with Crippen LogP contribution in [0, 0.1) is 5.82 Å². The van der Waals surface area contributed by atoms with Crippen molar-refractivity contribution in [2.45, 2.75) is 26.8 Å². The maximum Gasteiger partial charge on any atom is 0.238 e. The minimum absolute atomic E-state index is 0.0283. The van der Waals surface area contributed by atoms with Crippen LogP contribution in [0.25, 0.3) is 0 Å². The monoisotopic (exact) mass is 342 g/mol. The standard InChI is InChI=1S/C20H23FN2O2/c1-4-23(14(2)16-9-11-17(21)12-10-16)13-20(25)22-19-8-6-5-7-18(19)15(3)24/h5-12,14H,4,13H2,1-3H3,(H,22,25). The Labute approximate surface area is 147 Å². The summed E-state index contributed by atoms with van der Waals surface area (Å²) in [5, 5.41) is 2.81. The highest BCUT2D eigenvalue weighted by molar-refractivity contribution is 6.04. The number of hydrogen-bond acceptors (Lipinski definition) is 3. The number of carbonyl (C=O) groups excluding carboxylic acids is 2. The van der Waals surface area contributed by atoms with E-state index in [4.69, 9.17) is 0 Å². The molecule has 0 aliphatic carbocycles. The van der Waals surface area contributed by atoms with Gasteiger partial charge >= 0.3 is 0 Å². The SMILES string of the molecule is CCN(CC(=O)Nc1ccccc1C(C)=O)C(C)c1ccc(F)cc1. The number of anilines is 1. The average Bonchev–Trinajstić information content (AvgIpc) is 2.60. The molecule has 5 heteroatoms. The molecule has 2 rings (SSSR count). The van der Waals surface area contributed by atoms with Gasteiger partial charge in [0, 0.05) is 11.6 Å². The van der Waals surface area contributed by atoms with Gasteiger partial charge in [-0.3, -0.25) is 14.5 Å². The second-order valence-corrected chi connectivity index (χ2v) is 5.94. The molecule has 2 aromatic carbocycles. The molecule has 1 atom stereocenters. The van der Waals surface area contributed by atoms with Gasteiger partial charge in [0.25, 0.3) is 0 Å². The number of para-hydroxylation sites is 1. The topological polar surface area (TPSA) is 49.4 Å². The molecule has 1 unspecified atom stereocenters. The fourth-order valence-electron chi connectivity index (χ4n) is 2.75. The molecule has 0 radical (unpaired) electrons. The van der Waals surface area contributed by atoms with Gasteiger partial charge in [-0.15, -0.1) is 0 Å². The van der Waals surface area contributed by atoms with Crippen molar-refractivity contribution in [3.8, 4) is 0 Å². The van der Waals surface area contributed by atoms with E-state index in [0.29, 0.717) is 17.8 Å². The first-order chi connectivity index (χ1) is 11.9. The smallest absolute Gasteiger partial charge is 0.238 e. The Hall–Kier alpha value is -2.53. The van der Waals surface area contributed by atoms with Gasteiger partial charge in [-0.25, -0.2) is 4.39 Å². The molecule has 2 aromatic rings. The van der Waals surface area contributed by atoms with Crippen molar-refractivity contribution in [3.63, 3.8) is 0 Å². The number of rotatable bonds is 7. The normalized spacial score (nSPS) is 12.0. The fraction of sp³-hybridized carbons (Fsp3) is 0.300. The quantitative estimate of drug-likeness (QED) is 0.772. The predicted octanol–water partition coefficient (Wildman–Crippen LogP) is 4.05. The molecular weight excluding hydrogens is 319 g/mol. The summed E-state index contributed by atoms with van der Waals surface area (Å²) in [5.41, 5.74) is 1.95. The van der Waals surface area contributed by atoms with Crippen LogP contribution in [0.5, 0.6) is 0 Å². The van der Waals surface area contributed by atoms with Crippen molar-refractivity contribution in [2.75, 3.05) is 18.4 Å². The van der Waals surface area contributed by atoms with Gasteiger partial charge in [-0.1, -0.05) is 31.2 Å². The Kier molecular flexibility index (Phi) is 6.42. The van der Waals surface area contributed by atoms with Crippen LogP contribution in [-0.4, -0.2) is 29.7 Å². The van der Waals surface area contributed by atoms with Crippen molar-refractivity contribution in [1.82, 2.24) is 4.90 Å². The third-order valence-electron chi connectivity index (χ3n) is 4.23. The molecule has 1 N–H and O–H groups in total. The van der Waals surface area contributed by atoms with Gasteiger partial charge in [-0.05, 0) is 50.2 Å². The van der Waals surface area contributed by atoms with Crippen LogP contribution >= 0.6 is 0 Å². The second-order valence-electron chi connectivity index (χ2n) is 5.94. The summed E-state index contributed by atoms with van der Waals surface area (Å²) < 4.78 is 13.1. The number of likely N-dealkylation sites (N-methyl/N-ethyl adjacent to an activating group) is 1. The number of carbonyl (C=O) groups is 2. The Morgan fingerprint density at radius 1 is 1.12 bits per heavy atom. The molecule has 0 saturated heterocycles. The lowest BCUT2D eigenvalue weighted by Gasteiger charge is -2.27. The number of benzene rings is 2. The Balaban J connectivity index is 2.07. The molecule has 132 valence electrons. The number of ketones is 1. The second kappa shape index (κ2) is 8.53. The van der Waals surface area contributed by atoms with Crippen LogP contribution in [0.15, 0.2) is 48.5 Å². The van der Waals surface area contributed by atoms with Crippen molar-refractivity contribution in [2.24, 2.45) is 0 Å². The van der Waals surface area contributed by atoms with Crippen LogP contribution in [0.4, 0.5) is 10.1 Å². The number of halogens is 1. The van der Waals surface area contributed by atoms with Crippen LogP contribution < -0.4 is 5.32 Å². The van der Waals surface area contributed by atoms with Crippen molar-refractivity contribution in [1.29, 1.82) is 0 Å². The molecule has 0 spiro atoms. The number of Topliss-reactive ketones (excluding diaryl/α,β-unsaturated/α-hetero) is 1. The molecule has 0 aromatic heterocycles. The van der Waals surface area contributed by atoms with Crippen molar-refractivity contribution < 1.29 is 14.0 Å². The van der Waals surface area contributed by atoms with Crippen LogP contribution in [0.2, 0.25) is 0 Å². The lowest BCUT2D eigenvalue weighted by molar-refractivity contribution is -0.117. The van der Waals surface area contributed by atoms with Crippen molar-refractivity contribution >= 4 is 17.4 Å². The van der Waals surface area contributed by atoms with Crippen LogP contribution in [0.3, 0.4) is 0 Å². The number of nitrogens with zero attached hydrogens (tertiary/aromatic N) is 1. The number of nitrogens with one attached hydrogen (secondary N) is 1. The van der Waals surface area contributed by atoms with E-state index in [-0.39, 0.29) is 30.1 Å². The summed E-state index contributed by atoms with van der Waals surface area (Å²) >= 11 is 0. The Bertz CT molecular complexity index is 744. The number of hydrogen-bond donors (Lipinski definition) is 1. The molecular formula is C20H23FN2O2. The van der Waals surface area contributed by atoms with Crippen molar-refractivity contribution in [3.05, 3.63) is 65.5 Å². The zero-order valence-corrected chi connectivity index (χ0v) is 14.8. The average molecular weight is 342 g/mol. The molecule has 0 aliphatic rings. The van der Waals surface area contributed by atoms with Gasteiger partial charge in [0.2, 0.25) is 5.91 Å². The maximum atomic E-state index is 13.1. The summed E-state index contributed by atoms with van der Waals surface area (Å²) in [7, 11) is 0. The Morgan fingerprint density at radius 3 is 2.36 bits per heavy atom. The van der Waals surface area contributed by atoms with Gasteiger partial charge in [-0.2, -0.15) is 0 Å². The highest BCUT2D eigenvalue weighted by Crippen LogP contribution is 2.21. The molecule has 0 fully saturated rings. The lowest BCUT2D eigenvalue weighted by atomic mass is 10.1. The van der Waals surface area contributed by atoms with E-state index < -0.39 is 0 Å². The third kappa shape index (κ3) is 4.97. The molecule has 0 aliphatic heterocycles. The lowest BCUT2D eigenvalue weighted by Crippen LogP contribution is -2.35. The predicted molar refractivity (Wildman–Crippen MR) is 97.1 cm³/mol. The Morgan fingerprint density at radius 2 is 1.76 bits per heavy atom. The van der Waals surface area contributed by atoms with E-state index in [1.54, 1.807) is 36.4 Å². The first-order valence-corrected chi connectivity index (χ1v) is 8.31. The van der Waals surface area contributed by atoms with E-state index in [0.717, 1.165) is 5.56 Å². The van der Waals surface area contributed by atoms with E-state index in [9.17, 15) is 14.0 Å². The summed E-state index contributed by atoms with van der Waals surface area (Å²) in [6.45, 7) is 6.27. The minimum Gasteiger partial charge on any atom is -0.324 e. The summed E-state index contributed by atoms with van der Waals surface area (Å²) in [5.74, 6) is -0.565. The fourth-order valence-corrected chi connectivity index (χ4v) is 2.75. The zero-order valence-electron chi connectivity index (χ0n) is 14.8. The van der Waals surface area contributed by atoms with Gasteiger partial charge in [0.1, 0.15) is 5.82 Å². The first kappa shape index (κ1) is 18.8. The molecule has 1 amide bonds. The zero-order chi connectivity index (χ0) is 18.4. The van der Waals surface area contributed by atoms with E-state index in [2.05, 4.69) is 5.32 Å². The summed E-state index contributed by atoms with van der Waals surface area (Å²) in [6, 6.07) is 13.2. The molecule has 0 heterocycles. The molecule has 0 bridgehead atoms. The summed E-state index contributed by atoms with van der Waals surface area (Å²) in [6.07, 6.45) is 0. The molecule has 4 nitrogen and oxygen atoms in total. The summed E-state index contributed by atoms with van der Waals surface area (Å²) in [4.78, 5) is 26.1. The van der Waals surface area contributed by atoms with Crippen LogP contribution in [0.1, 0.15) is 42.7 Å². The van der Waals surface area contributed by atoms with Crippen LogP contribution in [-0.2, 0) is 4.79 Å². The third-order valence-corrected chi connectivity index (χ3v) is 4.23. The van der Waals surface area contributed by atoms with Gasteiger partial charge in [0.15, 0.2) is 5.78 Å². The minimum atomic E-state index is -0.280. The molecule has 25 heavy (non-hydrogen) atoms. The van der Waals surface area contributed by atoms with E-state index in [1.807, 2.05) is 18.7 Å². The van der Waals surface area contributed by atoms with E-state index in [1.165, 1.54) is 19.1 Å².